The van der Waals surface area contributed by atoms with Crippen molar-refractivity contribution < 1.29 is 30.0 Å². The number of fused-ring (bicyclic) bond motifs is 2. The van der Waals surface area contributed by atoms with Gasteiger partial charge >= 0.3 is 0 Å². The summed E-state index contributed by atoms with van der Waals surface area (Å²) in [6.07, 6.45) is 3.82. The number of aromatic nitrogens is 3. The number of carbonyl (C=O) groups is 1. The summed E-state index contributed by atoms with van der Waals surface area (Å²) in [5.41, 5.74) is 11.9. The number of thiophene rings is 1. The summed E-state index contributed by atoms with van der Waals surface area (Å²) in [4.78, 5) is 19.9. The van der Waals surface area contributed by atoms with E-state index in [0.29, 0.717) is 11.8 Å². The van der Waals surface area contributed by atoms with Crippen LogP contribution in [0.5, 0.6) is 0 Å². The number of hydrogen-bond donors (Lipinski definition) is 1. The third-order valence-corrected chi connectivity index (χ3v) is 9.51. The van der Waals surface area contributed by atoms with Crippen molar-refractivity contribution in [3.05, 3.63) is 149 Å². The standard InChI is InChI=1S/C39H34N3S.C5H8O2.Ir/c1-25(2)31-22-29(28-12-6-5-7-13-28)23-32(26(3)4)38(31)42-36-16-9-8-15-35(36)41-39(42)34-24-43-37-18-17-27(21-33(34)37)20-30-14-10-11-19-40-30;1-4(6)3-5(2)7;/h5-19,21-23,25-26H,20H2,1-4H3;3,6H,1-2H3;/q-1;;/b;4-3-;. The molecule has 0 saturated heterocycles. The molecule has 7 aromatic rings. The average molecular weight is 869 g/mol. The van der Waals surface area contributed by atoms with Crippen molar-refractivity contribution in [3.8, 4) is 28.2 Å². The monoisotopic (exact) mass is 869 g/mol. The largest absolute Gasteiger partial charge is 0.512 e. The van der Waals surface area contributed by atoms with Crippen LogP contribution >= 0.6 is 11.3 Å². The summed E-state index contributed by atoms with van der Waals surface area (Å²) < 4.78 is 3.63. The summed E-state index contributed by atoms with van der Waals surface area (Å²) in [5.74, 6) is 1.52. The van der Waals surface area contributed by atoms with E-state index in [9.17, 15) is 4.79 Å². The predicted molar refractivity (Wildman–Crippen MR) is 208 cm³/mol. The van der Waals surface area contributed by atoms with Crippen LogP contribution in [0.2, 0.25) is 0 Å². The Bertz CT molecular complexity index is 2270. The Morgan fingerprint density at radius 1 is 0.843 bits per heavy atom. The number of aliphatic hydroxyl groups is 1. The van der Waals surface area contributed by atoms with Gasteiger partial charge in [0.05, 0.1) is 22.6 Å². The minimum Gasteiger partial charge on any atom is -0.512 e. The number of carbonyl (C=O) groups excluding carboxylic acids is 1. The van der Waals surface area contributed by atoms with Crippen LogP contribution in [0.25, 0.3) is 49.3 Å². The molecule has 3 heterocycles. The van der Waals surface area contributed by atoms with Gasteiger partial charge in [-0.2, -0.15) is 0 Å². The SMILES string of the molecule is CC(=O)/C=C(/C)O.CC(C)c1cc(-c2ccccc2)cc(C(C)C)c1-n1c(-c2[c-]sc3ccc(Cc4ccccn4)cc23)nc2ccccc21.[Ir]. The van der Waals surface area contributed by atoms with Crippen molar-refractivity contribution in [2.24, 2.45) is 0 Å². The molecule has 261 valence electrons. The normalized spacial score (nSPS) is 11.5. The average Bonchev–Trinajstić information content (AvgIpc) is 3.69. The molecule has 4 aromatic carbocycles. The van der Waals surface area contributed by atoms with Crippen LogP contribution in [0.4, 0.5) is 0 Å². The van der Waals surface area contributed by atoms with E-state index in [1.807, 2.05) is 12.3 Å². The second-order valence-electron chi connectivity index (χ2n) is 13.2. The van der Waals surface area contributed by atoms with Crippen LogP contribution in [0.15, 0.2) is 121 Å². The Hall–Kier alpha value is -4.68. The zero-order chi connectivity index (χ0) is 35.4. The molecule has 7 rings (SSSR count). The van der Waals surface area contributed by atoms with E-state index in [1.54, 1.807) is 11.3 Å². The van der Waals surface area contributed by atoms with Gasteiger partial charge in [0.25, 0.3) is 0 Å². The van der Waals surface area contributed by atoms with Gasteiger partial charge in [-0.25, -0.2) is 0 Å². The molecule has 0 fully saturated rings. The molecule has 0 saturated carbocycles. The van der Waals surface area contributed by atoms with Gasteiger partial charge in [-0.3, -0.25) is 26.1 Å². The maximum Gasteiger partial charge on any atom is 0.155 e. The molecule has 0 amide bonds. The molecule has 0 spiro atoms. The summed E-state index contributed by atoms with van der Waals surface area (Å²) in [5, 5.41) is 13.2. The maximum absolute atomic E-state index is 10.0. The Kier molecular flexibility index (Phi) is 12.2. The first-order valence-corrected chi connectivity index (χ1v) is 17.8. The molecule has 0 aliphatic carbocycles. The van der Waals surface area contributed by atoms with Crippen molar-refractivity contribution >= 4 is 38.2 Å². The Labute approximate surface area is 318 Å². The minimum absolute atomic E-state index is 0. The van der Waals surface area contributed by atoms with Gasteiger partial charge in [0.15, 0.2) is 5.78 Å². The fraction of sp³-hybridized carbons (Fsp3) is 0.205. The maximum atomic E-state index is 10.0. The summed E-state index contributed by atoms with van der Waals surface area (Å²) in [6, 6.07) is 36.9. The molecule has 0 atom stereocenters. The first-order chi connectivity index (χ1) is 24.1. The summed E-state index contributed by atoms with van der Waals surface area (Å²) in [7, 11) is 0. The molecule has 51 heavy (non-hydrogen) atoms. The van der Waals surface area contributed by atoms with Gasteiger partial charge in [0.1, 0.15) is 0 Å². The smallest absolute Gasteiger partial charge is 0.155 e. The molecule has 1 N–H and O–H groups in total. The topological polar surface area (TPSA) is 68.0 Å². The van der Waals surface area contributed by atoms with E-state index in [-0.39, 0.29) is 31.6 Å². The number of benzene rings is 4. The fourth-order valence-corrected chi connectivity index (χ4v) is 7.16. The van der Waals surface area contributed by atoms with E-state index < -0.39 is 0 Å². The molecule has 1 radical (unpaired) electrons. The third kappa shape index (κ3) is 8.45. The fourth-order valence-electron chi connectivity index (χ4n) is 6.34. The Morgan fingerprint density at radius 2 is 1.51 bits per heavy atom. The van der Waals surface area contributed by atoms with Crippen molar-refractivity contribution in [2.75, 3.05) is 0 Å². The number of ketones is 1. The molecule has 3 aromatic heterocycles. The number of hydrogen-bond acceptors (Lipinski definition) is 5. The zero-order valence-corrected chi connectivity index (χ0v) is 33.0. The second-order valence-corrected chi connectivity index (χ2v) is 14.1. The first-order valence-electron chi connectivity index (χ1n) is 17.0. The summed E-state index contributed by atoms with van der Waals surface area (Å²) in [6.45, 7) is 12.0. The number of aliphatic hydroxyl groups excluding tert-OH is 1. The molecule has 0 bridgehead atoms. The predicted octanol–water partition coefficient (Wildman–Crippen LogP) is 11.6. The Morgan fingerprint density at radius 3 is 2.12 bits per heavy atom. The van der Waals surface area contributed by atoms with Gasteiger partial charge in [-0.1, -0.05) is 110 Å². The molecule has 0 unspecified atom stereocenters. The van der Waals surface area contributed by atoms with Crippen LogP contribution in [0.1, 0.15) is 75.8 Å². The number of para-hydroxylation sites is 2. The zero-order valence-electron chi connectivity index (χ0n) is 29.8. The number of rotatable bonds is 8. The number of nitrogens with zero attached hydrogens (tertiary/aromatic N) is 3. The van der Waals surface area contributed by atoms with Crippen LogP contribution < -0.4 is 0 Å². The van der Waals surface area contributed by atoms with Crippen LogP contribution in [0.3, 0.4) is 0 Å². The van der Waals surface area contributed by atoms with Gasteiger partial charge in [-0.15, -0.1) is 11.5 Å². The van der Waals surface area contributed by atoms with Crippen LogP contribution in [-0.2, 0) is 31.3 Å². The quantitative estimate of drug-likeness (QED) is 0.0938. The molecule has 0 aliphatic heterocycles. The van der Waals surface area contributed by atoms with E-state index in [0.717, 1.165) is 34.5 Å². The van der Waals surface area contributed by atoms with Crippen molar-refractivity contribution in [2.45, 2.75) is 59.8 Å². The molecule has 7 heteroatoms. The molecule has 0 aliphatic rings. The van der Waals surface area contributed by atoms with Crippen LogP contribution in [-0.4, -0.2) is 25.4 Å². The van der Waals surface area contributed by atoms with E-state index >= 15 is 0 Å². The number of allylic oxidation sites excluding steroid dienone is 2. The van der Waals surface area contributed by atoms with Crippen molar-refractivity contribution in [1.82, 2.24) is 14.5 Å². The van der Waals surface area contributed by atoms with E-state index in [2.05, 4.69) is 140 Å². The van der Waals surface area contributed by atoms with Crippen molar-refractivity contribution in [3.63, 3.8) is 0 Å². The van der Waals surface area contributed by atoms with E-state index in [4.69, 9.17) is 10.1 Å². The van der Waals surface area contributed by atoms with E-state index in [1.165, 1.54) is 63.5 Å². The Balaban J connectivity index is 0.000000574. The van der Waals surface area contributed by atoms with Gasteiger partial charge in [0.2, 0.25) is 0 Å². The molecule has 5 nitrogen and oxygen atoms in total. The van der Waals surface area contributed by atoms with Gasteiger partial charge in [-0.05, 0) is 84.3 Å². The number of imidazole rings is 1. The second kappa shape index (κ2) is 16.6. The summed E-state index contributed by atoms with van der Waals surface area (Å²) >= 11 is 1.66. The van der Waals surface area contributed by atoms with Gasteiger partial charge in [0, 0.05) is 50.2 Å². The van der Waals surface area contributed by atoms with Gasteiger partial charge < -0.3 is 9.67 Å². The minimum atomic E-state index is -0.125. The molecular weight excluding hydrogens is 827 g/mol. The molecular formula is C44H42IrN3O2S-. The number of pyridine rings is 1. The first kappa shape index (κ1) is 37.6. The third-order valence-electron chi connectivity index (χ3n) is 8.63. The van der Waals surface area contributed by atoms with Crippen LogP contribution in [0, 0.1) is 5.38 Å². The van der Waals surface area contributed by atoms with Crippen molar-refractivity contribution in [1.29, 1.82) is 0 Å².